The van der Waals surface area contributed by atoms with Crippen LogP contribution in [0.25, 0.3) is 0 Å². The van der Waals surface area contributed by atoms with Crippen molar-refractivity contribution in [3.8, 4) is 0 Å². The van der Waals surface area contributed by atoms with Gasteiger partial charge in [-0.05, 0) is 50.7 Å². The maximum Gasteiger partial charge on any atom is 0.391 e. The zero-order valence-corrected chi connectivity index (χ0v) is 16.3. The van der Waals surface area contributed by atoms with Gasteiger partial charge in [0, 0.05) is 12.6 Å². The van der Waals surface area contributed by atoms with Crippen LogP contribution in [0.3, 0.4) is 0 Å². The molecule has 2 aliphatic rings. The number of nitrogens with zero attached hydrogens (tertiary/aromatic N) is 1. The first-order chi connectivity index (χ1) is 13.2. The summed E-state index contributed by atoms with van der Waals surface area (Å²) in [7, 11) is -3.80. The third-order valence-electron chi connectivity index (χ3n) is 5.64. The number of carbonyl (C=O) groups is 1. The maximum absolute atomic E-state index is 13.0. The van der Waals surface area contributed by atoms with Crippen molar-refractivity contribution in [2.24, 2.45) is 5.92 Å². The number of hydrogen-bond donors (Lipinski definition) is 1. The third-order valence-corrected chi connectivity index (χ3v) is 7.57. The maximum atomic E-state index is 13.0. The molecule has 2 fully saturated rings. The van der Waals surface area contributed by atoms with E-state index in [4.69, 9.17) is 0 Å². The van der Waals surface area contributed by atoms with Crippen molar-refractivity contribution in [3.05, 3.63) is 30.3 Å². The minimum absolute atomic E-state index is 0.00879. The molecule has 28 heavy (non-hydrogen) atoms. The number of sulfonamides is 1. The van der Waals surface area contributed by atoms with Crippen LogP contribution >= 0.6 is 0 Å². The molecule has 0 radical (unpaired) electrons. The highest BCUT2D eigenvalue weighted by Crippen LogP contribution is 2.37. The Balaban J connectivity index is 1.67. The summed E-state index contributed by atoms with van der Waals surface area (Å²) in [6.07, 6.45) is -1.88. The number of benzene rings is 1. The predicted octanol–water partition coefficient (Wildman–Crippen LogP) is 3.47. The van der Waals surface area contributed by atoms with Gasteiger partial charge in [0.1, 0.15) is 6.04 Å². The van der Waals surface area contributed by atoms with E-state index in [9.17, 15) is 26.4 Å². The molecule has 0 spiro atoms. The van der Waals surface area contributed by atoms with E-state index >= 15 is 0 Å². The Morgan fingerprint density at radius 2 is 1.64 bits per heavy atom. The zero-order valence-electron chi connectivity index (χ0n) is 15.5. The van der Waals surface area contributed by atoms with Crippen LogP contribution in [0.2, 0.25) is 0 Å². The monoisotopic (exact) mass is 418 g/mol. The Morgan fingerprint density at radius 3 is 2.25 bits per heavy atom. The molecule has 1 aromatic rings. The van der Waals surface area contributed by atoms with Crippen LogP contribution in [0, 0.1) is 5.92 Å². The average molecular weight is 418 g/mol. The van der Waals surface area contributed by atoms with Gasteiger partial charge in [-0.25, -0.2) is 8.42 Å². The number of carbonyl (C=O) groups excluding carboxylic acids is 1. The van der Waals surface area contributed by atoms with Crippen LogP contribution < -0.4 is 5.32 Å². The van der Waals surface area contributed by atoms with Crippen LogP contribution in [0.5, 0.6) is 0 Å². The molecule has 1 N–H and O–H groups in total. The fourth-order valence-electron chi connectivity index (χ4n) is 4.05. The summed E-state index contributed by atoms with van der Waals surface area (Å²) in [6.45, 7) is 0.260. The summed E-state index contributed by atoms with van der Waals surface area (Å²) < 4.78 is 65.6. The molecule has 5 nitrogen and oxygen atoms in total. The molecular weight excluding hydrogens is 393 g/mol. The molecule has 1 heterocycles. The van der Waals surface area contributed by atoms with Gasteiger partial charge in [0.2, 0.25) is 15.9 Å². The Kier molecular flexibility index (Phi) is 6.34. The van der Waals surface area contributed by atoms with E-state index in [0.717, 1.165) is 6.42 Å². The minimum atomic E-state index is -4.20. The van der Waals surface area contributed by atoms with E-state index in [1.165, 1.54) is 16.4 Å². The first-order valence-electron chi connectivity index (χ1n) is 9.63. The fourth-order valence-corrected chi connectivity index (χ4v) is 5.72. The number of amides is 1. The second-order valence-corrected chi connectivity index (χ2v) is 9.43. The lowest BCUT2D eigenvalue weighted by atomic mass is 9.85. The Bertz CT molecular complexity index is 775. The van der Waals surface area contributed by atoms with Crippen molar-refractivity contribution in [1.82, 2.24) is 9.62 Å². The summed E-state index contributed by atoms with van der Waals surface area (Å²) >= 11 is 0. The molecular formula is C19H25F3N2O3S. The summed E-state index contributed by atoms with van der Waals surface area (Å²) in [5.41, 5.74) is 0. The van der Waals surface area contributed by atoms with Crippen molar-refractivity contribution in [3.63, 3.8) is 0 Å². The Hall–Kier alpha value is -1.61. The number of piperidine rings is 1. The lowest BCUT2D eigenvalue weighted by Gasteiger charge is -2.36. The standard InChI is InChI=1S/C19H25F3N2O3S/c20-19(21,22)14-9-11-15(12-10-14)23-18(25)17-8-4-5-13-24(17)28(26,27)16-6-2-1-3-7-16/h1-3,6-7,14-15,17H,4-5,8-13H2,(H,23,25). The molecule has 1 aliphatic heterocycles. The van der Waals surface area contributed by atoms with E-state index in [-0.39, 0.29) is 43.2 Å². The van der Waals surface area contributed by atoms with Crippen molar-refractivity contribution in [1.29, 1.82) is 0 Å². The van der Waals surface area contributed by atoms with Crippen LogP contribution in [-0.4, -0.2) is 43.4 Å². The topological polar surface area (TPSA) is 66.5 Å². The Morgan fingerprint density at radius 1 is 1.00 bits per heavy atom. The first kappa shape index (κ1) is 21.1. The van der Waals surface area contributed by atoms with Gasteiger partial charge in [0.15, 0.2) is 0 Å². The highest BCUT2D eigenvalue weighted by molar-refractivity contribution is 7.89. The van der Waals surface area contributed by atoms with Gasteiger partial charge in [-0.15, -0.1) is 0 Å². The molecule has 1 saturated carbocycles. The second-order valence-electron chi connectivity index (χ2n) is 7.54. The van der Waals surface area contributed by atoms with Crippen molar-refractivity contribution in [2.45, 2.75) is 68.1 Å². The number of hydrogen-bond acceptors (Lipinski definition) is 3. The molecule has 1 atom stereocenters. The fraction of sp³-hybridized carbons (Fsp3) is 0.632. The number of nitrogens with one attached hydrogen (secondary N) is 1. The molecule has 1 aliphatic carbocycles. The molecule has 0 bridgehead atoms. The molecule has 156 valence electrons. The lowest BCUT2D eigenvalue weighted by Crippen LogP contribution is -2.54. The van der Waals surface area contributed by atoms with E-state index in [1.54, 1.807) is 18.2 Å². The zero-order chi connectivity index (χ0) is 20.4. The molecule has 0 aromatic heterocycles. The van der Waals surface area contributed by atoms with Crippen LogP contribution in [0.15, 0.2) is 35.2 Å². The van der Waals surface area contributed by atoms with Gasteiger partial charge >= 0.3 is 6.18 Å². The molecule has 1 amide bonds. The van der Waals surface area contributed by atoms with Crippen LogP contribution in [0.4, 0.5) is 13.2 Å². The van der Waals surface area contributed by atoms with Crippen LogP contribution in [0.1, 0.15) is 44.9 Å². The summed E-state index contributed by atoms with van der Waals surface area (Å²) in [4.78, 5) is 12.9. The number of rotatable bonds is 4. The van der Waals surface area contributed by atoms with Crippen molar-refractivity contribution < 1.29 is 26.4 Å². The summed E-state index contributed by atoms with van der Waals surface area (Å²) in [6, 6.07) is 6.81. The quantitative estimate of drug-likeness (QED) is 0.814. The van der Waals surface area contributed by atoms with Gasteiger partial charge in [-0.3, -0.25) is 4.79 Å². The molecule has 3 rings (SSSR count). The van der Waals surface area contributed by atoms with Crippen molar-refractivity contribution in [2.75, 3.05) is 6.54 Å². The van der Waals surface area contributed by atoms with Gasteiger partial charge in [-0.1, -0.05) is 24.6 Å². The number of halogens is 3. The normalized spacial score (nSPS) is 27.3. The van der Waals surface area contributed by atoms with E-state index in [2.05, 4.69) is 5.32 Å². The SMILES string of the molecule is O=C(NC1CCC(C(F)(F)F)CC1)C1CCCCN1S(=O)(=O)c1ccccc1. The molecule has 1 aromatic carbocycles. The molecule has 9 heteroatoms. The summed E-state index contributed by atoms with van der Waals surface area (Å²) in [5.74, 6) is -1.72. The second kappa shape index (κ2) is 8.41. The smallest absolute Gasteiger partial charge is 0.352 e. The number of alkyl halides is 3. The average Bonchev–Trinajstić information content (AvgIpc) is 2.68. The molecule has 1 unspecified atom stereocenters. The minimum Gasteiger partial charge on any atom is -0.352 e. The van der Waals surface area contributed by atoms with Crippen molar-refractivity contribution >= 4 is 15.9 Å². The highest BCUT2D eigenvalue weighted by Gasteiger charge is 2.43. The Labute approximate surface area is 163 Å². The van der Waals surface area contributed by atoms with E-state index in [0.29, 0.717) is 12.8 Å². The van der Waals surface area contributed by atoms with Gasteiger partial charge in [0.05, 0.1) is 10.8 Å². The summed E-state index contributed by atoms with van der Waals surface area (Å²) in [5, 5.41) is 2.80. The van der Waals surface area contributed by atoms with Gasteiger partial charge in [0.25, 0.3) is 0 Å². The van der Waals surface area contributed by atoms with Gasteiger partial charge in [-0.2, -0.15) is 17.5 Å². The van der Waals surface area contributed by atoms with E-state index < -0.39 is 34.1 Å². The third kappa shape index (κ3) is 4.68. The van der Waals surface area contributed by atoms with E-state index in [1.807, 2.05) is 0 Å². The molecule has 1 saturated heterocycles. The predicted molar refractivity (Wildman–Crippen MR) is 97.9 cm³/mol. The largest absolute Gasteiger partial charge is 0.391 e. The highest BCUT2D eigenvalue weighted by atomic mass is 32.2. The van der Waals surface area contributed by atoms with Gasteiger partial charge < -0.3 is 5.32 Å². The first-order valence-corrected chi connectivity index (χ1v) is 11.1. The lowest BCUT2D eigenvalue weighted by molar-refractivity contribution is -0.182. The van der Waals surface area contributed by atoms with Crippen LogP contribution in [-0.2, 0) is 14.8 Å².